The molecule has 7 nitrogen and oxygen atoms in total. The minimum Gasteiger partial charge on any atom is -0.495 e. The summed E-state index contributed by atoms with van der Waals surface area (Å²) >= 11 is 7.85. The number of hydrogen-bond acceptors (Lipinski definition) is 6. The first-order chi connectivity index (χ1) is 15.4. The summed E-state index contributed by atoms with van der Waals surface area (Å²) in [6.07, 6.45) is 2.64. The van der Waals surface area contributed by atoms with Gasteiger partial charge in [0.1, 0.15) is 11.3 Å². The third kappa shape index (κ3) is 2.82. The Morgan fingerprint density at radius 2 is 1.94 bits per heavy atom. The maximum atomic E-state index is 13.9. The average molecular weight is 472 g/mol. The van der Waals surface area contributed by atoms with E-state index < -0.39 is 23.3 Å². The summed E-state index contributed by atoms with van der Waals surface area (Å²) in [5.74, 6) is -1.44. The van der Waals surface area contributed by atoms with Crippen molar-refractivity contribution in [3.05, 3.63) is 53.1 Å². The van der Waals surface area contributed by atoms with Crippen molar-refractivity contribution in [3.63, 3.8) is 0 Å². The van der Waals surface area contributed by atoms with Gasteiger partial charge >= 0.3 is 0 Å². The van der Waals surface area contributed by atoms with Crippen LogP contribution in [-0.2, 0) is 19.9 Å². The van der Waals surface area contributed by atoms with Gasteiger partial charge in [-0.1, -0.05) is 29.8 Å². The number of para-hydroxylation sites is 1. The molecule has 3 aliphatic heterocycles. The smallest absolute Gasteiger partial charge is 0.250 e. The van der Waals surface area contributed by atoms with Crippen molar-refractivity contribution in [2.24, 2.45) is 11.8 Å². The molecular formula is C23H22ClN3O4S. The van der Waals surface area contributed by atoms with E-state index in [0.29, 0.717) is 34.1 Å². The molecule has 3 aliphatic rings. The zero-order chi connectivity index (χ0) is 22.6. The van der Waals surface area contributed by atoms with Crippen LogP contribution in [-0.4, -0.2) is 42.9 Å². The third-order valence-corrected chi connectivity index (χ3v) is 7.52. The van der Waals surface area contributed by atoms with Crippen LogP contribution < -0.4 is 20.3 Å². The van der Waals surface area contributed by atoms with Gasteiger partial charge in [-0.05, 0) is 42.7 Å². The largest absolute Gasteiger partial charge is 0.495 e. The highest BCUT2D eigenvalue weighted by Crippen LogP contribution is 2.54. The first-order valence-corrected chi connectivity index (χ1v) is 12.1. The molecule has 0 radical (unpaired) electrons. The third-order valence-electron chi connectivity index (χ3n) is 6.64. The monoisotopic (exact) mass is 471 g/mol. The fourth-order valence-corrected chi connectivity index (χ4v) is 5.98. The molecule has 4 atom stereocenters. The Labute approximate surface area is 194 Å². The van der Waals surface area contributed by atoms with E-state index in [1.165, 1.54) is 7.11 Å². The molecule has 5 rings (SSSR count). The fourth-order valence-electron chi connectivity index (χ4n) is 5.33. The van der Waals surface area contributed by atoms with Crippen molar-refractivity contribution in [1.29, 1.82) is 0 Å². The minimum absolute atomic E-state index is 0.301. The van der Waals surface area contributed by atoms with E-state index in [-0.39, 0.29) is 17.9 Å². The van der Waals surface area contributed by atoms with Crippen LogP contribution in [0.15, 0.2) is 42.5 Å². The first kappa shape index (κ1) is 21.3. The van der Waals surface area contributed by atoms with Crippen LogP contribution in [0.4, 0.5) is 11.4 Å². The normalized spacial score (nSPS) is 28.3. The van der Waals surface area contributed by atoms with E-state index in [1.54, 1.807) is 30.0 Å². The summed E-state index contributed by atoms with van der Waals surface area (Å²) in [7, 11) is 1.48. The predicted molar refractivity (Wildman–Crippen MR) is 124 cm³/mol. The number of fused-ring (bicyclic) bond motifs is 4. The number of anilines is 2. The minimum atomic E-state index is -1.29. The highest BCUT2D eigenvalue weighted by atomic mass is 35.5. The van der Waals surface area contributed by atoms with Gasteiger partial charge in [-0.25, -0.2) is 4.90 Å². The Hall–Kier alpha value is -2.55. The van der Waals surface area contributed by atoms with Gasteiger partial charge in [0.25, 0.3) is 0 Å². The molecule has 32 heavy (non-hydrogen) atoms. The topological polar surface area (TPSA) is 87.7 Å². The number of methoxy groups -OCH3 is 1. The van der Waals surface area contributed by atoms with Gasteiger partial charge in [-0.2, -0.15) is 11.8 Å². The van der Waals surface area contributed by atoms with E-state index in [1.807, 2.05) is 30.5 Å². The molecule has 3 amide bonds. The number of carbonyl (C=O) groups is 3. The maximum absolute atomic E-state index is 13.9. The molecule has 2 aromatic carbocycles. The lowest BCUT2D eigenvalue weighted by Crippen LogP contribution is -2.53. The van der Waals surface area contributed by atoms with E-state index in [4.69, 9.17) is 16.3 Å². The van der Waals surface area contributed by atoms with E-state index in [2.05, 4.69) is 10.6 Å². The van der Waals surface area contributed by atoms with Gasteiger partial charge in [0.05, 0.1) is 24.6 Å². The van der Waals surface area contributed by atoms with Crippen molar-refractivity contribution in [2.45, 2.75) is 18.0 Å². The summed E-state index contributed by atoms with van der Waals surface area (Å²) in [6.45, 7) is 0. The van der Waals surface area contributed by atoms with E-state index in [9.17, 15) is 14.4 Å². The summed E-state index contributed by atoms with van der Waals surface area (Å²) in [5.41, 5.74) is 0.369. The number of nitrogens with one attached hydrogen (secondary N) is 2. The molecule has 2 fully saturated rings. The van der Waals surface area contributed by atoms with Crippen molar-refractivity contribution >= 4 is 52.5 Å². The number of nitrogens with zero attached hydrogens (tertiary/aromatic N) is 1. The zero-order valence-corrected chi connectivity index (χ0v) is 19.1. The molecule has 0 bridgehead atoms. The van der Waals surface area contributed by atoms with Gasteiger partial charge in [0.15, 0.2) is 0 Å². The van der Waals surface area contributed by atoms with E-state index >= 15 is 0 Å². The quantitative estimate of drug-likeness (QED) is 0.652. The molecule has 3 heterocycles. The lowest BCUT2D eigenvalue weighted by atomic mass is 9.76. The molecule has 0 unspecified atom stereocenters. The molecule has 0 aliphatic carbocycles. The van der Waals surface area contributed by atoms with Crippen LogP contribution >= 0.6 is 23.4 Å². The van der Waals surface area contributed by atoms with Gasteiger partial charge in [-0.3, -0.25) is 19.7 Å². The second-order valence-corrected chi connectivity index (χ2v) is 9.59. The number of benzene rings is 2. The van der Waals surface area contributed by atoms with Gasteiger partial charge < -0.3 is 10.1 Å². The van der Waals surface area contributed by atoms with Crippen LogP contribution in [0, 0.1) is 11.8 Å². The van der Waals surface area contributed by atoms with E-state index in [0.717, 1.165) is 10.7 Å². The van der Waals surface area contributed by atoms with Crippen LogP contribution in [0.25, 0.3) is 0 Å². The maximum Gasteiger partial charge on any atom is 0.250 e. The standard InChI is InChI=1S/C23H22ClN3O4S/c1-31-17-8-7-12(24)11-16(17)27-20(28)18-15(9-10-32-2)26-23(19(18)21(27)29)13-5-3-4-6-14(13)25-22(23)30/h3-8,11,15,18-19,26H,9-10H2,1-2H3,(H,25,30)/t15-,18+,19-,23-/m0/s1. The lowest BCUT2D eigenvalue weighted by Gasteiger charge is -2.29. The number of amides is 3. The Bertz CT molecular complexity index is 1140. The number of imide groups is 1. The zero-order valence-electron chi connectivity index (χ0n) is 17.6. The summed E-state index contributed by atoms with van der Waals surface area (Å²) < 4.78 is 5.41. The van der Waals surface area contributed by atoms with Crippen LogP contribution in [0.3, 0.4) is 0 Å². The fraction of sp³-hybridized carbons (Fsp3) is 0.348. The Kier molecular flexibility index (Phi) is 5.19. The van der Waals surface area contributed by atoms with Gasteiger partial charge in [0.2, 0.25) is 17.7 Å². The van der Waals surface area contributed by atoms with Gasteiger partial charge in [0, 0.05) is 22.3 Å². The molecule has 2 aromatic rings. The number of halogens is 1. The van der Waals surface area contributed by atoms with Crippen molar-refractivity contribution in [2.75, 3.05) is 29.3 Å². The second-order valence-electron chi connectivity index (χ2n) is 8.17. The SMILES string of the molecule is COc1ccc(Cl)cc1N1C(=O)[C@@H]2[C@H](CCSC)N[C@]3(C(=O)Nc4ccccc43)[C@@H]2C1=O. The second kappa shape index (κ2) is 7.79. The van der Waals surface area contributed by atoms with Crippen molar-refractivity contribution in [3.8, 4) is 5.75 Å². The highest BCUT2D eigenvalue weighted by Gasteiger charge is 2.70. The Morgan fingerprint density at radius 1 is 1.16 bits per heavy atom. The first-order valence-electron chi connectivity index (χ1n) is 10.3. The van der Waals surface area contributed by atoms with Crippen molar-refractivity contribution in [1.82, 2.24) is 5.32 Å². The van der Waals surface area contributed by atoms with Crippen LogP contribution in [0.5, 0.6) is 5.75 Å². The van der Waals surface area contributed by atoms with Crippen LogP contribution in [0.2, 0.25) is 5.02 Å². The molecule has 0 saturated carbocycles. The molecule has 9 heteroatoms. The average Bonchev–Trinajstić information content (AvgIpc) is 3.37. The summed E-state index contributed by atoms with van der Waals surface area (Å²) in [6, 6.07) is 11.8. The summed E-state index contributed by atoms with van der Waals surface area (Å²) in [4.78, 5) is 42.2. The predicted octanol–water partition coefficient (Wildman–Crippen LogP) is 3.03. The number of hydrogen-bond donors (Lipinski definition) is 2. The molecule has 2 N–H and O–H groups in total. The Balaban J connectivity index is 1.67. The number of carbonyl (C=O) groups excluding carboxylic acids is 3. The molecular weight excluding hydrogens is 450 g/mol. The number of ether oxygens (including phenoxy) is 1. The molecule has 2 saturated heterocycles. The van der Waals surface area contributed by atoms with Gasteiger partial charge in [-0.15, -0.1) is 0 Å². The number of thioether (sulfide) groups is 1. The molecule has 1 spiro atoms. The number of rotatable bonds is 5. The summed E-state index contributed by atoms with van der Waals surface area (Å²) in [5, 5.41) is 6.72. The Morgan fingerprint density at radius 3 is 2.69 bits per heavy atom. The van der Waals surface area contributed by atoms with Crippen LogP contribution in [0.1, 0.15) is 12.0 Å². The highest BCUT2D eigenvalue weighted by molar-refractivity contribution is 7.98. The molecule has 0 aromatic heterocycles. The van der Waals surface area contributed by atoms with Crippen molar-refractivity contribution < 1.29 is 19.1 Å². The molecule has 166 valence electrons. The lowest BCUT2D eigenvalue weighted by molar-refractivity contribution is -0.130.